The van der Waals surface area contributed by atoms with E-state index in [4.69, 9.17) is 5.73 Å². The molecule has 3 N–H and O–H groups in total. The van der Waals surface area contributed by atoms with Crippen LogP contribution in [0.15, 0.2) is 12.4 Å². The average molecular weight is 279 g/mol. The Bertz CT molecular complexity index is 477. The molecule has 0 bridgehead atoms. The lowest BCUT2D eigenvalue weighted by Gasteiger charge is -2.30. The fraction of sp³-hybridized carbons (Fsp3) is 0.615. The topological polar surface area (TPSA) is 93.2 Å². The molecule has 7 nitrogen and oxygen atoms in total. The van der Waals surface area contributed by atoms with E-state index in [1.165, 1.54) is 0 Å². The minimum atomic E-state index is -0.272. The molecule has 1 aromatic heterocycles. The van der Waals surface area contributed by atoms with Gasteiger partial charge < -0.3 is 11.1 Å². The van der Waals surface area contributed by atoms with Crippen molar-refractivity contribution in [1.82, 2.24) is 20.0 Å². The number of nitrogens with one attached hydrogen (secondary N) is 1. The summed E-state index contributed by atoms with van der Waals surface area (Å²) in [4.78, 5) is 24.4. The van der Waals surface area contributed by atoms with Crippen molar-refractivity contribution >= 4 is 11.8 Å². The van der Waals surface area contributed by atoms with Gasteiger partial charge in [-0.1, -0.05) is 0 Å². The summed E-state index contributed by atoms with van der Waals surface area (Å²) in [7, 11) is 1.61. The number of carbonyl (C=O) groups excluding carboxylic acids is 2. The average Bonchev–Trinajstić information content (AvgIpc) is 2.88. The first-order chi connectivity index (χ1) is 9.58. The van der Waals surface area contributed by atoms with Gasteiger partial charge in [-0.3, -0.25) is 19.2 Å². The zero-order valence-electron chi connectivity index (χ0n) is 11.7. The van der Waals surface area contributed by atoms with Crippen molar-refractivity contribution in [3.63, 3.8) is 0 Å². The monoisotopic (exact) mass is 279 g/mol. The first-order valence-corrected chi connectivity index (χ1v) is 6.83. The Labute approximate surface area is 118 Å². The third-order valence-electron chi connectivity index (χ3n) is 3.65. The number of rotatable bonds is 5. The molecule has 2 rings (SSSR count). The zero-order chi connectivity index (χ0) is 14.5. The van der Waals surface area contributed by atoms with Crippen molar-refractivity contribution < 1.29 is 9.59 Å². The van der Waals surface area contributed by atoms with E-state index in [0.717, 1.165) is 32.5 Å². The van der Waals surface area contributed by atoms with Crippen molar-refractivity contribution in [2.45, 2.75) is 19.4 Å². The number of amides is 2. The highest BCUT2D eigenvalue weighted by Crippen LogP contribution is 2.18. The van der Waals surface area contributed by atoms with E-state index >= 15 is 0 Å². The van der Waals surface area contributed by atoms with Gasteiger partial charge in [-0.2, -0.15) is 5.10 Å². The van der Waals surface area contributed by atoms with Gasteiger partial charge in [0, 0.05) is 19.8 Å². The van der Waals surface area contributed by atoms with Crippen LogP contribution in [0, 0.1) is 5.92 Å². The molecule has 1 aliphatic heterocycles. The van der Waals surface area contributed by atoms with Gasteiger partial charge in [-0.05, 0) is 31.8 Å². The number of nitrogens with two attached hydrogens (primary N) is 1. The van der Waals surface area contributed by atoms with Gasteiger partial charge in [-0.25, -0.2) is 0 Å². The largest absolute Gasteiger partial charge is 0.369 e. The first kappa shape index (κ1) is 14.5. The SMILES string of the molecule is CNC(=O)c1cnn(CC2CCN(CC(N)=O)CC2)c1. The minimum Gasteiger partial charge on any atom is -0.369 e. The molecule has 0 saturated carbocycles. The third-order valence-corrected chi connectivity index (χ3v) is 3.65. The van der Waals surface area contributed by atoms with Crippen molar-refractivity contribution in [2.24, 2.45) is 11.7 Å². The molecular weight excluding hydrogens is 258 g/mol. The van der Waals surface area contributed by atoms with Gasteiger partial charge in [-0.15, -0.1) is 0 Å². The molecule has 20 heavy (non-hydrogen) atoms. The number of nitrogens with zero attached hydrogens (tertiary/aromatic N) is 3. The molecule has 1 aromatic rings. The van der Waals surface area contributed by atoms with E-state index in [2.05, 4.69) is 15.3 Å². The molecule has 1 saturated heterocycles. The van der Waals surface area contributed by atoms with Crippen molar-refractivity contribution in [3.8, 4) is 0 Å². The van der Waals surface area contributed by atoms with Crippen LogP contribution in [0.1, 0.15) is 23.2 Å². The Morgan fingerprint density at radius 3 is 2.75 bits per heavy atom. The number of carbonyl (C=O) groups is 2. The van der Waals surface area contributed by atoms with E-state index in [9.17, 15) is 9.59 Å². The Hall–Kier alpha value is -1.89. The van der Waals surface area contributed by atoms with Gasteiger partial charge in [0.25, 0.3) is 5.91 Å². The summed E-state index contributed by atoms with van der Waals surface area (Å²) in [5.41, 5.74) is 5.78. The smallest absolute Gasteiger partial charge is 0.254 e. The Morgan fingerprint density at radius 1 is 1.45 bits per heavy atom. The molecule has 2 heterocycles. The predicted molar refractivity (Wildman–Crippen MR) is 74.0 cm³/mol. The molecule has 110 valence electrons. The second-order valence-electron chi connectivity index (χ2n) is 5.22. The van der Waals surface area contributed by atoms with E-state index in [1.54, 1.807) is 19.4 Å². The second kappa shape index (κ2) is 6.51. The molecule has 0 unspecified atom stereocenters. The third kappa shape index (κ3) is 3.80. The maximum absolute atomic E-state index is 11.4. The number of piperidine rings is 1. The molecule has 0 aromatic carbocycles. The summed E-state index contributed by atoms with van der Waals surface area (Å²) in [6, 6.07) is 0. The number of likely N-dealkylation sites (tertiary alicyclic amines) is 1. The lowest BCUT2D eigenvalue weighted by Crippen LogP contribution is -2.40. The van der Waals surface area contributed by atoms with Crippen LogP contribution in [-0.2, 0) is 11.3 Å². The van der Waals surface area contributed by atoms with E-state index in [0.29, 0.717) is 18.0 Å². The number of primary amides is 1. The van der Waals surface area contributed by atoms with Crippen molar-refractivity contribution in [3.05, 3.63) is 18.0 Å². The Kier molecular flexibility index (Phi) is 4.73. The fourth-order valence-corrected chi connectivity index (χ4v) is 2.54. The summed E-state index contributed by atoms with van der Waals surface area (Å²) in [6.07, 6.45) is 5.39. The maximum Gasteiger partial charge on any atom is 0.254 e. The summed E-state index contributed by atoms with van der Waals surface area (Å²) >= 11 is 0. The minimum absolute atomic E-state index is 0.118. The summed E-state index contributed by atoms with van der Waals surface area (Å²) < 4.78 is 1.82. The molecule has 0 atom stereocenters. The molecule has 7 heteroatoms. The van der Waals surface area contributed by atoms with Gasteiger partial charge in [0.2, 0.25) is 5.91 Å². The normalized spacial score (nSPS) is 17.1. The molecule has 1 fully saturated rings. The summed E-state index contributed by atoms with van der Waals surface area (Å²) in [5, 5.41) is 6.79. The zero-order valence-corrected chi connectivity index (χ0v) is 11.7. The van der Waals surface area contributed by atoms with E-state index in [-0.39, 0.29) is 11.8 Å². The van der Waals surface area contributed by atoms with Crippen LogP contribution >= 0.6 is 0 Å². The summed E-state index contributed by atoms with van der Waals surface area (Å²) in [5.74, 6) is 0.134. The predicted octanol–water partition coefficient (Wildman–Crippen LogP) is -0.560. The van der Waals surface area contributed by atoms with Crippen LogP contribution in [0.3, 0.4) is 0 Å². The standard InChI is InChI=1S/C13H21N5O2/c1-15-13(20)11-6-16-18(8-11)7-10-2-4-17(5-3-10)9-12(14)19/h6,8,10H,2-5,7,9H2,1H3,(H2,14,19)(H,15,20). The highest BCUT2D eigenvalue weighted by Gasteiger charge is 2.21. The van der Waals surface area contributed by atoms with Crippen molar-refractivity contribution in [2.75, 3.05) is 26.7 Å². The maximum atomic E-state index is 11.4. The fourth-order valence-electron chi connectivity index (χ4n) is 2.54. The highest BCUT2D eigenvalue weighted by molar-refractivity contribution is 5.93. The van der Waals surface area contributed by atoms with E-state index < -0.39 is 0 Å². The van der Waals surface area contributed by atoms with Crippen LogP contribution in [0.25, 0.3) is 0 Å². The molecule has 0 radical (unpaired) electrons. The van der Waals surface area contributed by atoms with Gasteiger partial charge >= 0.3 is 0 Å². The summed E-state index contributed by atoms with van der Waals surface area (Å²) in [6.45, 7) is 2.92. The van der Waals surface area contributed by atoms with Crippen LogP contribution in [-0.4, -0.2) is 53.2 Å². The first-order valence-electron chi connectivity index (χ1n) is 6.83. The molecule has 1 aliphatic rings. The molecular formula is C13H21N5O2. The van der Waals surface area contributed by atoms with Crippen LogP contribution < -0.4 is 11.1 Å². The lowest BCUT2D eigenvalue weighted by molar-refractivity contribution is -0.119. The number of hydrogen-bond donors (Lipinski definition) is 2. The quantitative estimate of drug-likeness (QED) is 0.755. The van der Waals surface area contributed by atoms with Gasteiger partial charge in [0.15, 0.2) is 0 Å². The Morgan fingerprint density at radius 2 is 2.15 bits per heavy atom. The molecule has 0 spiro atoms. The molecule has 0 aliphatic carbocycles. The number of aromatic nitrogens is 2. The number of hydrogen-bond acceptors (Lipinski definition) is 4. The van der Waals surface area contributed by atoms with Gasteiger partial charge in [0.1, 0.15) is 0 Å². The van der Waals surface area contributed by atoms with Crippen LogP contribution in [0.4, 0.5) is 0 Å². The molecule has 2 amide bonds. The Balaban J connectivity index is 1.82. The van der Waals surface area contributed by atoms with Crippen LogP contribution in [0.5, 0.6) is 0 Å². The highest BCUT2D eigenvalue weighted by atomic mass is 16.2. The van der Waals surface area contributed by atoms with Crippen molar-refractivity contribution in [1.29, 1.82) is 0 Å². The second-order valence-corrected chi connectivity index (χ2v) is 5.22. The van der Waals surface area contributed by atoms with Gasteiger partial charge in [0.05, 0.1) is 18.3 Å². The lowest BCUT2D eigenvalue weighted by atomic mass is 9.97. The van der Waals surface area contributed by atoms with Crippen LogP contribution in [0.2, 0.25) is 0 Å². The van der Waals surface area contributed by atoms with E-state index in [1.807, 2.05) is 4.68 Å².